The summed E-state index contributed by atoms with van der Waals surface area (Å²) in [5.74, 6) is 0.451. The highest BCUT2D eigenvalue weighted by Gasteiger charge is 2.23. The Morgan fingerprint density at radius 1 is 1.15 bits per heavy atom. The highest BCUT2D eigenvalue weighted by Crippen LogP contribution is 2.32. The highest BCUT2D eigenvalue weighted by molar-refractivity contribution is 5.95. The molecule has 3 rings (SSSR count). The smallest absolute Gasteiger partial charge is 0.341 e. The predicted octanol–water partition coefficient (Wildman–Crippen LogP) is 4.23. The zero-order chi connectivity index (χ0) is 19.6. The Morgan fingerprint density at radius 2 is 1.85 bits per heavy atom. The van der Waals surface area contributed by atoms with Crippen molar-refractivity contribution in [1.82, 2.24) is 9.88 Å². The van der Waals surface area contributed by atoms with Gasteiger partial charge < -0.3 is 19.0 Å². The summed E-state index contributed by atoms with van der Waals surface area (Å²) in [7, 11) is 1.33. The zero-order valence-electron chi connectivity index (χ0n) is 16.6. The van der Waals surface area contributed by atoms with Crippen LogP contribution in [0.3, 0.4) is 0 Å². The minimum Gasteiger partial charge on any atom is -0.465 e. The topological polar surface area (TPSA) is 73.5 Å². The van der Waals surface area contributed by atoms with Gasteiger partial charge in [0.2, 0.25) is 0 Å². The zero-order valence-corrected chi connectivity index (χ0v) is 16.6. The Hall–Kier alpha value is -2.50. The lowest BCUT2D eigenvalue weighted by atomic mass is 9.95. The lowest BCUT2D eigenvalue weighted by Crippen LogP contribution is -2.23. The summed E-state index contributed by atoms with van der Waals surface area (Å²) in [5, 5.41) is 2.90. The summed E-state index contributed by atoms with van der Waals surface area (Å²) in [6.07, 6.45) is 6.17. The Labute approximate surface area is 159 Å². The quantitative estimate of drug-likeness (QED) is 0.797. The first kappa shape index (κ1) is 19.3. The molecule has 2 aromatic heterocycles. The number of methoxy groups -OCH3 is 1. The molecule has 1 amide bonds. The van der Waals surface area contributed by atoms with Gasteiger partial charge in [0.15, 0.2) is 0 Å². The lowest BCUT2D eigenvalue weighted by Gasteiger charge is -2.26. The Kier molecular flexibility index (Phi) is 5.73. The number of nitrogens with one attached hydrogen (secondary N) is 1. The normalized spacial score (nSPS) is 15.0. The summed E-state index contributed by atoms with van der Waals surface area (Å²) in [5.41, 5.74) is 3.24. The van der Waals surface area contributed by atoms with Crippen LogP contribution in [0.2, 0.25) is 0 Å². The molecular weight excluding hydrogens is 344 g/mol. The molecule has 1 N–H and O–H groups in total. The second-order valence-electron chi connectivity index (χ2n) is 7.30. The van der Waals surface area contributed by atoms with Crippen LogP contribution in [-0.2, 0) is 11.3 Å². The third-order valence-electron chi connectivity index (χ3n) is 5.47. The minimum atomic E-state index is -0.440. The van der Waals surface area contributed by atoms with Crippen molar-refractivity contribution in [3.63, 3.8) is 0 Å². The van der Waals surface area contributed by atoms with E-state index in [9.17, 15) is 9.59 Å². The second kappa shape index (κ2) is 8.03. The standard InChI is InChI=1S/C21H28N2O4/c1-13-10-18(14(2)23(13)16-8-6-5-7-9-16)20(24)22-12-17-11-19(15(3)27-17)21(25)26-4/h10-11,16H,5-9,12H2,1-4H3,(H,22,24). The molecule has 0 aromatic carbocycles. The molecule has 27 heavy (non-hydrogen) atoms. The van der Waals surface area contributed by atoms with Crippen molar-refractivity contribution in [2.75, 3.05) is 7.11 Å². The van der Waals surface area contributed by atoms with Crippen molar-refractivity contribution < 1.29 is 18.7 Å². The maximum atomic E-state index is 12.7. The number of hydrogen-bond acceptors (Lipinski definition) is 4. The van der Waals surface area contributed by atoms with Crippen LogP contribution in [0.4, 0.5) is 0 Å². The molecule has 0 radical (unpaired) electrons. The molecule has 0 atom stereocenters. The van der Waals surface area contributed by atoms with Crippen LogP contribution in [0.5, 0.6) is 0 Å². The number of aromatic nitrogens is 1. The second-order valence-corrected chi connectivity index (χ2v) is 7.30. The number of carbonyl (C=O) groups is 2. The van der Waals surface area contributed by atoms with Crippen molar-refractivity contribution in [3.05, 3.63) is 46.2 Å². The fraction of sp³-hybridized carbons (Fsp3) is 0.524. The van der Waals surface area contributed by atoms with Gasteiger partial charge in [-0.15, -0.1) is 0 Å². The van der Waals surface area contributed by atoms with E-state index in [0.29, 0.717) is 28.7 Å². The van der Waals surface area contributed by atoms with Crippen LogP contribution in [0.25, 0.3) is 0 Å². The van der Waals surface area contributed by atoms with Crippen LogP contribution in [0, 0.1) is 20.8 Å². The summed E-state index contributed by atoms with van der Waals surface area (Å²) >= 11 is 0. The number of hydrogen-bond donors (Lipinski definition) is 1. The van der Waals surface area contributed by atoms with Gasteiger partial charge in [0.25, 0.3) is 5.91 Å². The molecule has 0 bridgehead atoms. The molecule has 0 spiro atoms. The number of furan rings is 1. The van der Waals surface area contributed by atoms with E-state index in [4.69, 9.17) is 9.15 Å². The van der Waals surface area contributed by atoms with Gasteiger partial charge in [-0.3, -0.25) is 4.79 Å². The maximum absolute atomic E-state index is 12.7. The monoisotopic (exact) mass is 372 g/mol. The molecule has 2 aromatic rings. The molecule has 1 saturated carbocycles. The van der Waals surface area contributed by atoms with E-state index < -0.39 is 5.97 Å². The van der Waals surface area contributed by atoms with Crippen molar-refractivity contribution in [2.45, 2.75) is 65.5 Å². The van der Waals surface area contributed by atoms with E-state index in [2.05, 4.69) is 16.8 Å². The van der Waals surface area contributed by atoms with E-state index in [1.807, 2.05) is 13.0 Å². The van der Waals surface area contributed by atoms with Crippen molar-refractivity contribution in [2.24, 2.45) is 0 Å². The summed E-state index contributed by atoms with van der Waals surface area (Å²) < 4.78 is 12.6. The third kappa shape index (κ3) is 3.94. The van der Waals surface area contributed by atoms with Gasteiger partial charge >= 0.3 is 5.97 Å². The molecule has 0 aliphatic heterocycles. The maximum Gasteiger partial charge on any atom is 0.341 e. The summed E-state index contributed by atoms with van der Waals surface area (Å²) in [6.45, 7) is 6.01. The van der Waals surface area contributed by atoms with Crippen LogP contribution in [0.15, 0.2) is 16.5 Å². The van der Waals surface area contributed by atoms with E-state index in [1.54, 1.807) is 13.0 Å². The Morgan fingerprint density at radius 3 is 2.52 bits per heavy atom. The molecule has 2 heterocycles. The van der Waals surface area contributed by atoms with Gasteiger partial charge in [-0.25, -0.2) is 4.79 Å². The molecular formula is C21H28N2O4. The number of esters is 1. The Bertz CT molecular complexity index is 841. The van der Waals surface area contributed by atoms with Gasteiger partial charge in [0.05, 0.1) is 19.2 Å². The first-order valence-electron chi connectivity index (χ1n) is 9.56. The molecule has 1 fully saturated rings. The van der Waals surface area contributed by atoms with E-state index >= 15 is 0 Å². The minimum absolute atomic E-state index is 0.126. The number of amides is 1. The van der Waals surface area contributed by atoms with Crippen LogP contribution in [-0.4, -0.2) is 23.6 Å². The van der Waals surface area contributed by atoms with Crippen molar-refractivity contribution in [3.8, 4) is 0 Å². The number of carbonyl (C=O) groups excluding carboxylic acids is 2. The third-order valence-corrected chi connectivity index (χ3v) is 5.47. The summed E-state index contributed by atoms with van der Waals surface area (Å²) in [6, 6.07) is 4.08. The average Bonchev–Trinajstić information content (AvgIpc) is 3.19. The molecule has 0 unspecified atom stereocenters. The molecule has 1 aliphatic carbocycles. The number of rotatable bonds is 5. The van der Waals surface area contributed by atoms with Gasteiger partial charge in [-0.1, -0.05) is 19.3 Å². The van der Waals surface area contributed by atoms with E-state index in [-0.39, 0.29) is 12.5 Å². The molecule has 146 valence electrons. The SMILES string of the molecule is COC(=O)c1cc(CNC(=O)c2cc(C)n(C3CCCCC3)c2C)oc1C. The van der Waals surface area contributed by atoms with Crippen LogP contribution >= 0.6 is 0 Å². The Balaban J connectivity index is 1.71. The van der Waals surface area contributed by atoms with Gasteiger partial charge in [-0.05, 0) is 45.7 Å². The van der Waals surface area contributed by atoms with E-state index in [0.717, 1.165) is 11.4 Å². The molecule has 6 heteroatoms. The molecule has 1 aliphatic rings. The van der Waals surface area contributed by atoms with Crippen LogP contribution in [0.1, 0.15) is 81.8 Å². The highest BCUT2D eigenvalue weighted by atomic mass is 16.5. The fourth-order valence-corrected chi connectivity index (χ4v) is 4.11. The lowest BCUT2D eigenvalue weighted by molar-refractivity contribution is 0.0598. The molecule has 6 nitrogen and oxygen atoms in total. The average molecular weight is 372 g/mol. The fourth-order valence-electron chi connectivity index (χ4n) is 4.11. The first-order valence-corrected chi connectivity index (χ1v) is 9.56. The van der Waals surface area contributed by atoms with Gasteiger partial charge in [-0.2, -0.15) is 0 Å². The number of aryl methyl sites for hydroxylation is 2. The van der Waals surface area contributed by atoms with Crippen molar-refractivity contribution >= 4 is 11.9 Å². The van der Waals surface area contributed by atoms with Crippen molar-refractivity contribution in [1.29, 1.82) is 0 Å². The molecule has 0 saturated heterocycles. The van der Waals surface area contributed by atoms with Crippen LogP contribution < -0.4 is 5.32 Å². The predicted molar refractivity (Wildman–Crippen MR) is 102 cm³/mol. The number of nitrogens with zero attached hydrogens (tertiary/aromatic N) is 1. The summed E-state index contributed by atoms with van der Waals surface area (Å²) in [4.78, 5) is 24.4. The van der Waals surface area contributed by atoms with Gasteiger partial charge in [0.1, 0.15) is 17.1 Å². The first-order chi connectivity index (χ1) is 12.9. The largest absolute Gasteiger partial charge is 0.465 e. The van der Waals surface area contributed by atoms with E-state index in [1.165, 1.54) is 39.2 Å². The number of ether oxygens (including phenoxy) is 1. The van der Waals surface area contributed by atoms with Gasteiger partial charge in [0, 0.05) is 17.4 Å².